The Hall–Kier alpha value is -1.47. The van der Waals surface area contributed by atoms with E-state index in [9.17, 15) is 27.9 Å². The van der Waals surface area contributed by atoms with Gasteiger partial charge in [-0.05, 0) is 25.2 Å². The highest BCUT2D eigenvalue weighted by molar-refractivity contribution is 5.83. The molecule has 0 spiro atoms. The molecule has 0 radical (unpaired) electrons. The molecule has 120 valence electrons. The van der Waals surface area contributed by atoms with Crippen molar-refractivity contribution >= 4 is 12.0 Å². The number of nitrogens with one attached hydrogen (secondary N) is 1. The molecule has 0 bridgehead atoms. The molecule has 1 aliphatic heterocycles. The molecule has 2 aliphatic rings. The zero-order valence-electron chi connectivity index (χ0n) is 11.5. The number of likely N-dealkylation sites (tertiary alicyclic amines) is 1. The van der Waals surface area contributed by atoms with E-state index < -0.39 is 37.2 Å². The molecule has 5 nitrogen and oxygen atoms in total. The van der Waals surface area contributed by atoms with E-state index in [1.165, 1.54) is 4.90 Å². The Morgan fingerprint density at radius 2 is 1.90 bits per heavy atom. The Kier molecular flexibility index (Phi) is 4.63. The van der Waals surface area contributed by atoms with Crippen molar-refractivity contribution < 1.29 is 27.9 Å². The molecule has 2 amide bonds. The van der Waals surface area contributed by atoms with Crippen LogP contribution >= 0.6 is 0 Å². The lowest BCUT2D eigenvalue weighted by molar-refractivity contribution is -0.142. The average Bonchev–Trinajstić information content (AvgIpc) is 2.76. The summed E-state index contributed by atoms with van der Waals surface area (Å²) in [6, 6.07) is -1.78. The summed E-state index contributed by atoms with van der Waals surface area (Å²) in [6.07, 6.45) is -1.53. The summed E-state index contributed by atoms with van der Waals surface area (Å²) >= 11 is 0. The third-order valence-electron chi connectivity index (χ3n) is 4.29. The molecule has 0 aromatic rings. The highest BCUT2D eigenvalue weighted by atomic mass is 19.4. The Morgan fingerprint density at radius 1 is 1.24 bits per heavy atom. The number of nitrogens with zero attached hydrogens (tertiary/aromatic N) is 1. The van der Waals surface area contributed by atoms with E-state index in [0.717, 1.165) is 25.7 Å². The molecule has 1 saturated heterocycles. The van der Waals surface area contributed by atoms with Gasteiger partial charge >= 0.3 is 18.2 Å². The van der Waals surface area contributed by atoms with Gasteiger partial charge in [-0.25, -0.2) is 9.59 Å². The molecule has 0 aromatic heterocycles. The maximum Gasteiger partial charge on any atom is 0.390 e. The zero-order valence-corrected chi connectivity index (χ0v) is 11.5. The molecule has 8 heteroatoms. The van der Waals surface area contributed by atoms with Crippen LogP contribution in [0.3, 0.4) is 0 Å². The van der Waals surface area contributed by atoms with Crippen LogP contribution in [0, 0.1) is 5.92 Å². The number of hydrogen-bond donors (Lipinski definition) is 2. The van der Waals surface area contributed by atoms with Gasteiger partial charge in [-0.3, -0.25) is 0 Å². The Morgan fingerprint density at radius 3 is 2.52 bits per heavy atom. The number of alkyl halides is 3. The van der Waals surface area contributed by atoms with Crippen LogP contribution in [0.1, 0.15) is 38.5 Å². The molecule has 2 N–H and O–H groups in total. The summed E-state index contributed by atoms with van der Waals surface area (Å²) in [4.78, 5) is 24.6. The van der Waals surface area contributed by atoms with Gasteiger partial charge in [0.15, 0.2) is 0 Å². The van der Waals surface area contributed by atoms with Crippen LogP contribution in [0.5, 0.6) is 0 Å². The summed E-state index contributed by atoms with van der Waals surface area (Å²) < 4.78 is 36.3. The van der Waals surface area contributed by atoms with Crippen molar-refractivity contribution in [2.24, 2.45) is 5.92 Å². The fraction of sp³-hybridized carbons (Fsp3) is 0.846. The van der Waals surface area contributed by atoms with Crippen LogP contribution in [0.2, 0.25) is 0 Å². The van der Waals surface area contributed by atoms with E-state index in [0.29, 0.717) is 6.42 Å². The molecule has 0 aromatic carbocycles. The minimum atomic E-state index is -4.34. The fourth-order valence-electron chi connectivity index (χ4n) is 3.38. The number of carboxylic acid groups (broad SMARTS) is 1. The van der Waals surface area contributed by atoms with Crippen molar-refractivity contribution in [2.75, 3.05) is 6.54 Å². The molecule has 3 atom stereocenters. The van der Waals surface area contributed by atoms with Crippen molar-refractivity contribution in [3.05, 3.63) is 0 Å². The van der Waals surface area contributed by atoms with E-state index in [1.54, 1.807) is 0 Å². The normalized spacial score (nSPS) is 29.1. The molecule has 21 heavy (non-hydrogen) atoms. The topological polar surface area (TPSA) is 69.6 Å². The first kappa shape index (κ1) is 15.9. The number of carboxylic acids is 1. The fourth-order valence-corrected chi connectivity index (χ4v) is 3.38. The van der Waals surface area contributed by atoms with Gasteiger partial charge in [-0.2, -0.15) is 13.2 Å². The van der Waals surface area contributed by atoms with Crippen LogP contribution < -0.4 is 5.32 Å². The minimum absolute atomic E-state index is 0.146. The number of carbonyl (C=O) groups excluding carboxylic acids is 1. The lowest BCUT2D eigenvalue weighted by atomic mass is 9.85. The monoisotopic (exact) mass is 308 g/mol. The molecular formula is C13H19F3N2O3. The highest BCUT2D eigenvalue weighted by Crippen LogP contribution is 2.39. The number of urea groups is 1. The molecule has 1 aliphatic carbocycles. The molecule has 2 rings (SSSR count). The number of aliphatic carboxylic acids is 1. The first-order chi connectivity index (χ1) is 9.79. The van der Waals surface area contributed by atoms with Crippen molar-refractivity contribution in [3.8, 4) is 0 Å². The summed E-state index contributed by atoms with van der Waals surface area (Å²) in [7, 11) is 0. The van der Waals surface area contributed by atoms with Crippen LogP contribution in [0.25, 0.3) is 0 Å². The van der Waals surface area contributed by atoms with Crippen LogP contribution in [0.15, 0.2) is 0 Å². The van der Waals surface area contributed by atoms with Gasteiger partial charge in [0.2, 0.25) is 0 Å². The average molecular weight is 308 g/mol. The summed E-state index contributed by atoms with van der Waals surface area (Å²) in [5, 5.41) is 11.4. The third kappa shape index (κ3) is 3.79. The Bertz CT molecular complexity index is 414. The van der Waals surface area contributed by atoms with Gasteiger partial charge < -0.3 is 15.3 Å². The largest absolute Gasteiger partial charge is 0.480 e. The number of hydrogen-bond acceptors (Lipinski definition) is 2. The van der Waals surface area contributed by atoms with E-state index in [1.807, 2.05) is 0 Å². The predicted octanol–water partition coefficient (Wildman–Crippen LogP) is 2.37. The van der Waals surface area contributed by atoms with Crippen LogP contribution in [-0.2, 0) is 4.79 Å². The van der Waals surface area contributed by atoms with Crippen LogP contribution in [-0.4, -0.2) is 46.8 Å². The minimum Gasteiger partial charge on any atom is -0.480 e. The van der Waals surface area contributed by atoms with Gasteiger partial charge in [-0.1, -0.05) is 12.8 Å². The van der Waals surface area contributed by atoms with Gasteiger partial charge in [0.05, 0.1) is 6.42 Å². The quantitative estimate of drug-likeness (QED) is 0.841. The molecule has 2 fully saturated rings. The van der Waals surface area contributed by atoms with Crippen LogP contribution in [0.4, 0.5) is 18.0 Å². The number of amides is 2. The molecular weight excluding hydrogens is 289 g/mol. The first-order valence-electron chi connectivity index (χ1n) is 7.15. The van der Waals surface area contributed by atoms with E-state index in [-0.39, 0.29) is 12.0 Å². The maximum atomic E-state index is 12.1. The third-order valence-corrected chi connectivity index (χ3v) is 4.29. The van der Waals surface area contributed by atoms with Crippen molar-refractivity contribution in [1.82, 2.24) is 10.2 Å². The number of halogens is 3. The number of rotatable bonds is 3. The summed E-state index contributed by atoms with van der Waals surface area (Å²) in [5.41, 5.74) is 0. The van der Waals surface area contributed by atoms with Gasteiger partial charge in [0.1, 0.15) is 6.04 Å². The van der Waals surface area contributed by atoms with E-state index >= 15 is 0 Å². The standard InChI is InChI=1S/C13H19F3N2O3/c14-13(15,16)5-6-17-12(21)18-9-4-2-1-3-8(9)7-10(18)11(19)20/h8-10H,1-7H2,(H,17,21)(H,19,20). The molecule has 1 saturated carbocycles. The maximum absolute atomic E-state index is 12.1. The van der Waals surface area contributed by atoms with E-state index in [2.05, 4.69) is 5.32 Å². The summed E-state index contributed by atoms with van der Waals surface area (Å²) in [6.45, 7) is -0.525. The SMILES string of the molecule is O=C(O)C1CC2CCCCC2N1C(=O)NCCC(F)(F)F. The van der Waals surface area contributed by atoms with Gasteiger partial charge in [0, 0.05) is 12.6 Å². The summed E-state index contributed by atoms with van der Waals surface area (Å²) in [5.74, 6) is -0.941. The number of carbonyl (C=O) groups is 2. The molecule has 3 unspecified atom stereocenters. The smallest absolute Gasteiger partial charge is 0.390 e. The Labute approximate surface area is 120 Å². The predicted molar refractivity (Wildman–Crippen MR) is 67.7 cm³/mol. The van der Waals surface area contributed by atoms with Gasteiger partial charge in [-0.15, -0.1) is 0 Å². The second-order valence-corrected chi connectivity index (χ2v) is 5.71. The zero-order chi connectivity index (χ0) is 15.6. The van der Waals surface area contributed by atoms with Gasteiger partial charge in [0.25, 0.3) is 0 Å². The second-order valence-electron chi connectivity index (χ2n) is 5.71. The number of fused-ring (bicyclic) bond motifs is 1. The lowest BCUT2D eigenvalue weighted by Crippen LogP contribution is -2.51. The Balaban J connectivity index is 2.00. The van der Waals surface area contributed by atoms with Crippen molar-refractivity contribution in [3.63, 3.8) is 0 Å². The molecule has 1 heterocycles. The second kappa shape index (κ2) is 6.11. The van der Waals surface area contributed by atoms with Crippen molar-refractivity contribution in [1.29, 1.82) is 0 Å². The van der Waals surface area contributed by atoms with Crippen molar-refractivity contribution in [2.45, 2.75) is 56.8 Å². The lowest BCUT2D eigenvalue weighted by Gasteiger charge is -2.33. The highest BCUT2D eigenvalue weighted by Gasteiger charge is 2.47. The van der Waals surface area contributed by atoms with E-state index in [4.69, 9.17) is 0 Å². The first-order valence-corrected chi connectivity index (χ1v) is 7.15.